The minimum atomic E-state index is -1.03. The van der Waals surface area contributed by atoms with E-state index in [0.717, 1.165) is 28.8 Å². The molecule has 2 heterocycles. The van der Waals surface area contributed by atoms with E-state index < -0.39 is 29.4 Å². The number of esters is 1. The minimum Gasteiger partial charge on any atom is -0.458 e. The van der Waals surface area contributed by atoms with E-state index in [2.05, 4.69) is 32.3 Å². The van der Waals surface area contributed by atoms with Crippen molar-refractivity contribution in [3.63, 3.8) is 0 Å². The number of rotatable bonds is 8. The Labute approximate surface area is 227 Å². The van der Waals surface area contributed by atoms with Crippen LogP contribution in [-0.2, 0) is 17.7 Å². The van der Waals surface area contributed by atoms with Crippen LogP contribution in [0.15, 0.2) is 55.4 Å². The Bertz CT molecular complexity index is 1670. The molecule has 0 spiro atoms. The second-order valence-electron chi connectivity index (χ2n) is 9.19. The molecule has 0 aliphatic heterocycles. The molecule has 0 saturated heterocycles. The third-order valence-corrected chi connectivity index (χ3v) is 6.70. The molecule has 1 aliphatic rings. The molecule has 2 N–H and O–H groups in total. The summed E-state index contributed by atoms with van der Waals surface area (Å²) in [6.07, 6.45) is 3.98. The standard InChI is InChI=1S/C28H24F2N6O4/c1-3-10-40-27(39)18-5-6-19-17(15(18)2)7-9-22(19)34-26(38)24-12-23(35-28-32-14-33-36(24)28)25(37)31-13-16-4-8-20(29)21(30)11-16/h3-6,8,11-12,14,22H,1,7,9-10,13H2,2H3,(H,31,37)(H,34,38). The number of halogens is 2. The molecule has 5 rings (SSSR count). The van der Waals surface area contributed by atoms with Crippen LogP contribution in [0.4, 0.5) is 8.78 Å². The molecular formula is C28H24F2N6O4. The average molecular weight is 547 g/mol. The van der Waals surface area contributed by atoms with Gasteiger partial charge in [-0.2, -0.15) is 14.6 Å². The van der Waals surface area contributed by atoms with Gasteiger partial charge in [-0.05, 0) is 60.2 Å². The highest BCUT2D eigenvalue weighted by molar-refractivity contribution is 5.98. The summed E-state index contributed by atoms with van der Waals surface area (Å²) in [6, 6.07) is 7.74. The molecule has 0 fully saturated rings. The van der Waals surface area contributed by atoms with Gasteiger partial charge < -0.3 is 15.4 Å². The molecule has 10 nitrogen and oxygen atoms in total. The molecule has 12 heteroatoms. The maximum atomic E-state index is 13.5. The summed E-state index contributed by atoms with van der Waals surface area (Å²) in [7, 11) is 0. The van der Waals surface area contributed by atoms with Crippen LogP contribution in [0, 0.1) is 18.6 Å². The maximum absolute atomic E-state index is 13.5. The zero-order chi connectivity index (χ0) is 28.4. The number of ether oxygens (including phenoxy) is 1. The summed E-state index contributed by atoms with van der Waals surface area (Å²) in [4.78, 5) is 46.8. The highest BCUT2D eigenvalue weighted by Crippen LogP contribution is 2.35. The molecular weight excluding hydrogens is 522 g/mol. The second kappa shape index (κ2) is 11.0. The Morgan fingerprint density at radius 3 is 2.75 bits per heavy atom. The van der Waals surface area contributed by atoms with Gasteiger partial charge in [0.05, 0.1) is 11.6 Å². The van der Waals surface area contributed by atoms with Gasteiger partial charge in [-0.3, -0.25) is 9.59 Å². The van der Waals surface area contributed by atoms with Gasteiger partial charge in [0, 0.05) is 12.6 Å². The largest absolute Gasteiger partial charge is 0.458 e. The Balaban J connectivity index is 1.35. The number of nitrogens with zero attached hydrogens (tertiary/aromatic N) is 4. The molecule has 0 radical (unpaired) electrons. The van der Waals surface area contributed by atoms with E-state index in [4.69, 9.17) is 4.74 Å². The highest BCUT2D eigenvalue weighted by Gasteiger charge is 2.29. The van der Waals surface area contributed by atoms with Crippen molar-refractivity contribution >= 4 is 23.6 Å². The van der Waals surface area contributed by atoms with Gasteiger partial charge in [0.2, 0.25) is 0 Å². The number of nitrogens with one attached hydrogen (secondary N) is 2. The predicted octanol–water partition coefficient (Wildman–Crippen LogP) is 3.40. The minimum absolute atomic E-state index is 0.0373. The highest BCUT2D eigenvalue weighted by atomic mass is 19.2. The number of amides is 2. The first-order valence-corrected chi connectivity index (χ1v) is 12.4. The lowest BCUT2D eigenvalue weighted by Gasteiger charge is -2.16. The van der Waals surface area contributed by atoms with E-state index in [1.807, 2.05) is 6.92 Å². The van der Waals surface area contributed by atoms with E-state index in [-0.39, 0.29) is 36.4 Å². The van der Waals surface area contributed by atoms with Crippen molar-refractivity contribution in [3.8, 4) is 0 Å². The van der Waals surface area contributed by atoms with E-state index in [9.17, 15) is 23.2 Å². The number of benzene rings is 2. The average Bonchev–Trinajstić information content (AvgIpc) is 3.59. The van der Waals surface area contributed by atoms with Crippen LogP contribution in [0.1, 0.15) is 66.1 Å². The molecule has 0 bridgehead atoms. The summed E-state index contributed by atoms with van der Waals surface area (Å²) >= 11 is 0. The van der Waals surface area contributed by atoms with E-state index >= 15 is 0 Å². The number of carbonyl (C=O) groups excluding carboxylic acids is 3. The monoisotopic (exact) mass is 546 g/mol. The first-order chi connectivity index (χ1) is 19.3. The second-order valence-corrected chi connectivity index (χ2v) is 9.19. The quantitative estimate of drug-likeness (QED) is 0.256. The Hall–Kier alpha value is -5.00. The maximum Gasteiger partial charge on any atom is 0.338 e. The van der Waals surface area contributed by atoms with Gasteiger partial charge in [0.15, 0.2) is 11.6 Å². The fourth-order valence-electron chi connectivity index (χ4n) is 4.71. The first kappa shape index (κ1) is 26.6. The van der Waals surface area contributed by atoms with Crippen molar-refractivity contribution < 1.29 is 27.9 Å². The van der Waals surface area contributed by atoms with Crippen molar-refractivity contribution in [1.82, 2.24) is 30.2 Å². The lowest BCUT2D eigenvalue weighted by Crippen LogP contribution is -2.30. The summed E-state index contributed by atoms with van der Waals surface area (Å²) in [5.41, 5.74) is 3.40. The fraction of sp³-hybridized carbons (Fsp3) is 0.214. The van der Waals surface area contributed by atoms with Crippen LogP contribution < -0.4 is 10.6 Å². The van der Waals surface area contributed by atoms with Gasteiger partial charge >= 0.3 is 5.97 Å². The summed E-state index contributed by atoms with van der Waals surface area (Å²) in [6.45, 7) is 5.42. The third kappa shape index (κ3) is 5.15. The van der Waals surface area contributed by atoms with Gasteiger partial charge in [-0.25, -0.2) is 18.6 Å². The van der Waals surface area contributed by atoms with Crippen LogP contribution >= 0.6 is 0 Å². The van der Waals surface area contributed by atoms with Crippen LogP contribution in [0.2, 0.25) is 0 Å². The van der Waals surface area contributed by atoms with Crippen molar-refractivity contribution in [2.75, 3.05) is 6.61 Å². The lowest BCUT2D eigenvalue weighted by molar-refractivity contribution is 0.0548. The zero-order valence-corrected chi connectivity index (χ0v) is 21.4. The molecule has 1 aliphatic carbocycles. The van der Waals surface area contributed by atoms with Crippen molar-refractivity contribution in [3.05, 3.63) is 106 Å². The zero-order valence-electron chi connectivity index (χ0n) is 21.4. The molecule has 1 unspecified atom stereocenters. The number of carbonyl (C=O) groups is 3. The number of aromatic nitrogens is 4. The SMILES string of the molecule is C=CCOC(=O)c1ccc2c(c1C)CCC2NC(=O)c1cc(C(=O)NCc2ccc(F)c(F)c2)nc2ncnn12. The lowest BCUT2D eigenvalue weighted by atomic mass is 9.98. The predicted molar refractivity (Wildman–Crippen MR) is 138 cm³/mol. The van der Waals surface area contributed by atoms with Crippen molar-refractivity contribution in [2.45, 2.75) is 32.4 Å². The Kier molecular flexibility index (Phi) is 7.32. The first-order valence-electron chi connectivity index (χ1n) is 12.4. The van der Waals surface area contributed by atoms with E-state index in [1.54, 1.807) is 12.1 Å². The molecule has 40 heavy (non-hydrogen) atoms. The van der Waals surface area contributed by atoms with Crippen LogP contribution in [0.25, 0.3) is 5.78 Å². The summed E-state index contributed by atoms with van der Waals surface area (Å²) in [5.74, 6) is -3.55. The van der Waals surface area contributed by atoms with Crippen LogP contribution in [-0.4, -0.2) is 44.0 Å². The van der Waals surface area contributed by atoms with Gasteiger partial charge in [-0.15, -0.1) is 0 Å². The Morgan fingerprint density at radius 2 is 1.98 bits per heavy atom. The number of fused-ring (bicyclic) bond motifs is 2. The number of hydrogen-bond acceptors (Lipinski definition) is 7. The number of hydrogen-bond donors (Lipinski definition) is 2. The smallest absolute Gasteiger partial charge is 0.338 e. The van der Waals surface area contributed by atoms with E-state index in [1.165, 1.54) is 29.1 Å². The molecule has 2 amide bonds. The topological polar surface area (TPSA) is 128 Å². The van der Waals surface area contributed by atoms with Crippen LogP contribution in [0.5, 0.6) is 0 Å². The summed E-state index contributed by atoms with van der Waals surface area (Å²) < 4.78 is 33.1. The van der Waals surface area contributed by atoms with Gasteiger partial charge in [0.25, 0.3) is 17.6 Å². The van der Waals surface area contributed by atoms with Crippen molar-refractivity contribution in [1.29, 1.82) is 0 Å². The molecule has 2 aromatic carbocycles. The molecule has 4 aromatic rings. The van der Waals surface area contributed by atoms with Crippen molar-refractivity contribution in [2.24, 2.45) is 0 Å². The van der Waals surface area contributed by atoms with Crippen LogP contribution in [0.3, 0.4) is 0 Å². The summed E-state index contributed by atoms with van der Waals surface area (Å²) in [5, 5.41) is 9.62. The van der Waals surface area contributed by atoms with Gasteiger partial charge in [0.1, 0.15) is 24.3 Å². The van der Waals surface area contributed by atoms with Gasteiger partial charge in [-0.1, -0.05) is 24.8 Å². The molecule has 0 saturated carbocycles. The molecule has 1 atom stereocenters. The third-order valence-electron chi connectivity index (χ3n) is 6.70. The van der Waals surface area contributed by atoms with E-state index in [0.29, 0.717) is 24.0 Å². The normalized spacial score (nSPS) is 14.0. The molecule has 2 aromatic heterocycles. The Morgan fingerprint density at radius 1 is 1.15 bits per heavy atom. The fourth-order valence-corrected chi connectivity index (χ4v) is 4.71. The molecule has 204 valence electrons.